The van der Waals surface area contributed by atoms with Gasteiger partial charge in [-0.1, -0.05) is 5.16 Å². The monoisotopic (exact) mass is 318 g/mol. The van der Waals surface area contributed by atoms with Gasteiger partial charge in [0, 0.05) is 37.5 Å². The van der Waals surface area contributed by atoms with Crippen LogP contribution in [0.3, 0.4) is 0 Å². The summed E-state index contributed by atoms with van der Waals surface area (Å²) in [6.07, 6.45) is 3.43. The van der Waals surface area contributed by atoms with Gasteiger partial charge in [-0.15, -0.1) is 0 Å². The van der Waals surface area contributed by atoms with Gasteiger partial charge in [0.2, 0.25) is 0 Å². The van der Waals surface area contributed by atoms with E-state index < -0.39 is 5.60 Å². The molecule has 7 heteroatoms. The molecule has 0 N–H and O–H groups in total. The largest absolute Gasteiger partial charge is 0.444 e. The normalized spacial score (nSPS) is 12.7. The molecule has 0 fully saturated rings. The summed E-state index contributed by atoms with van der Waals surface area (Å²) in [7, 11) is 1.70. The lowest BCUT2D eigenvalue weighted by molar-refractivity contribution is 0.0234. The Kier molecular flexibility index (Phi) is 4.98. The fourth-order valence-corrected chi connectivity index (χ4v) is 1.86. The highest BCUT2D eigenvalue weighted by molar-refractivity contribution is 5.68. The molecule has 2 heterocycles. The quantitative estimate of drug-likeness (QED) is 0.862. The molecule has 0 aliphatic carbocycles. The molecule has 2 aromatic heterocycles. The van der Waals surface area contributed by atoms with E-state index in [2.05, 4.69) is 15.1 Å². The molecule has 1 amide bonds. The molecule has 0 aliphatic rings. The summed E-state index contributed by atoms with van der Waals surface area (Å²) in [5.41, 5.74) is 0.290. The van der Waals surface area contributed by atoms with Crippen molar-refractivity contribution in [2.24, 2.45) is 0 Å². The molecule has 0 saturated heterocycles. The van der Waals surface area contributed by atoms with Crippen molar-refractivity contribution in [3.05, 3.63) is 30.4 Å². The number of rotatable bonds is 4. The second-order valence-corrected chi connectivity index (χ2v) is 6.40. The molecule has 0 aliphatic heterocycles. The molecule has 0 bridgehead atoms. The van der Waals surface area contributed by atoms with Crippen molar-refractivity contribution in [3.63, 3.8) is 0 Å². The van der Waals surface area contributed by atoms with E-state index in [-0.39, 0.29) is 12.1 Å². The van der Waals surface area contributed by atoms with Crippen LogP contribution in [-0.2, 0) is 11.2 Å². The molecule has 1 atom stereocenters. The predicted molar refractivity (Wildman–Crippen MR) is 84.7 cm³/mol. The molecule has 0 spiro atoms. The van der Waals surface area contributed by atoms with Crippen molar-refractivity contribution >= 4 is 6.09 Å². The van der Waals surface area contributed by atoms with Crippen LogP contribution in [0.5, 0.6) is 0 Å². The third-order valence-electron chi connectivity index (χ3n) is 3.22. The summed E-state index contributed by atoms with van der Waals surface area (Å²) in [6.45, 7) is 7.42. The number of hydrogen-bond acceptors (Lipinski definition) is 6. The molecule has 0 radical (unpaired) electrons. The second kappa shape index (κ2) is 6.76. The minimum atomic E-state index is -0.522. The van der Waals surface area contributed by atoms with Crippen molar-refractivity contribution in [3.8, 4) is 11.5 Å². The summed E-state index contributed by atoms with van der Waals surface area (Å²) in [5, 5.41) is 3.96. The smallest absolute Gasteiger partial charge is 0.410 e. The first-order valence-electron chi connectivity index (χ1n) is 7.45. The number of ether oxygens (including phenoxy) is 1. The lowest BCUT2D eigenvalue weighted by Gasteiger charge is -2.28. The van der Waals surface area contributed by atoms with Crippen LogP contribution in [-0.4, -0.2) is 44.8 Å². The molecule has 23 heavy (non-hydrogen) atoms. The van der Waals surface area contributed by atoms with Gasteiger partial charge >= 0.3 is 6.09 Å². The Hall–Kier alpha value is -2.44. The van der Waals surface area contributed by atoms with Crippen LogP contribution in [0.15, 0.2) is 29.0 Å². The first-order valence-corrected chi connectivity index (χ1v) is 7.45. The van der Waals surface area contributed by atoms with E-state index in [1.807, 2.05) is 27.7 Å². The maximum Gasteiger partial charge on any atom is 0.410 e. The Balaban J connectivity index is 1.99. The number of pyridine rings is 1. The Morgan fingerprint density at radius 2 is 2.00 bits per heavy atom. The molecule has 0 saturated carbocycles. The average Bonchev–Trinajstić information content (AvgIpc) is 2.94. The van der Waals surface area contributed by atoms with Gasteiger partial charge in [0.1, 0.15) is 5.60 Å². The van der Waals surface area contributed by atoms with Crippen LogP contribution in [0.4, 0.5) is 4.79 Å². The Morgan fingerprint density at radius 3 is 2.61 bits per heavy atom. The highest BCUT2D eigenvalue weighted by Crippen LogP contribution is 2.17. The third-order valence-corrected chi connectivity index (χ3v) is 3.22. The van der Waals surface area contributed by atoms with Gasteiger partial charge in [-0.05, 0) is 39.8 Å². The van der Waals surface area contributed by atoms with E-state index in [9.17, 15) is 4.79 Å². The molecular formula is C16H22N4O3. The minimum Gasteiger partial charge on any atom is -0.444 e. The standard InChI is InChI=1S/C16H22N4O3/c1-11(20(5)15(21)22-16(2,3)4)10-13-18-14(23-19-13)12-6-8-17-9-7-12/h6-9,11H,10H2,1-5H3/t11-/m1/s1. The molecule has 0 unspecified atom stereocenters. The Labute approximate surface area is 135 Å². The van der Waals surface area contributed by atoms with Gasteiger partial charge in [0.25, 0.3) is 5.89 Å². The number of likely N-dealkylation sites (N-methyl/N-ethyl adjacent to an activating group) is 1. The van der Waals surface area contributed by atoms with Gasteiger partial charge in [-0.25, -0.2) is 4.79 Å². The van der Waals surface area contributed by atoms with Gasteiger partial charge in [0.05, 0.1) is 0 Å². The fourth-order valence-electron chi connectivity index (χ4n) is 1.86. The topological polar surface area (TPSA) is 81.4 Å². The number of carbonyl (C=O) groups excluding carboxylic acids is 1. The number of aromatic nitrogens is 3. The number of hydrogen-bond donors (Lipinski definition) is 0. The first kappa shape index (κ1) is 16.9. The second-order valence-electron chi connectivity index (χ2n) is 6.40. The first-order chi connectivity index (χ1) is 10.8. The Morgan fingerprint density at radius 1 is 1.35 bits per heavy atom. The van der Waals surface area contributed by atoms with E-state index in [1.54, 1.807) is 31.6 Å². The van der Waals surface area contributed by atoms with Crippen molar-refractivity contribution in [1.82, 2.24) is 20.0 Å². The van der Waals surface area contributed by atoms with E-state index >= 15 is 0 Å². The van der Waals surface area contributed by atoms with E-state index in [1.165, 1.54) is 4.90 Å². The molecule has 2 rings (SSSR count). The highest BCUT2D eigenvalue weighted by atomic mass is 16.6. The lowest BCUT2D eigenvalue weighted by atomic mass is 10.2. The van der Waals surface area contributed by atoms with Crippen LogP contribution < -0.4 is 0 Å². The van der Waals surface area contributed by atoms with Crippen LogP contribution in [0.1, 0.15) is 33.5 Å². The maximum absolute atomic E-state index is 12.0. The zero-order chi connectivity index (χ0) is 17.0. The van der Waals surface area contributed by atoms with Crippen molar-refractivity contribution in [2.75, 3.05) is 7.05 Å². The zero-order valence-corrected chi connectivity index (χ0v) is 14.1. The summed E-state index contributed by atoms with van der Waals surface area (Å²) in [6, 6.07) is 3.48. The summed E-state index contributed by atoms with van der Waals surface area (Å²) >= 11 is 0. The molecular weight excluding hydrogens is 296 g/mol. The van der Waals surface area contributed by atoms with Gasteiger partial charge in [-0.3, -0.25) is 4.98 Å². The van der Waals surface area contributed by atoms with Crippen molar-refractivity contribution in [2.45, 2.75) is 45.8 Å². The number of amides is 1. The molecule has 2 aromatic rings. The molecule has 7 nitrogen and oxygen atoms in total. The van der Waals surface area contributed by atoms with Gasteiger partial charge < -0.3 is 14.2 Å². The van der Waals surface area contributed by atoms with E-state index in [4.69, 9.17) is 9.26 Å². The highest BCUT2D eigenvalue weighted by Gasteiger charge is 2.24. The maximum atomic E-state index is 12.0. The Bertz CT molecular complexity index is 649. The van der Waals surface area contributed by atoms with Crippen LogP contribution in [0, 0.1) is 0 Å². The van der Waals surface area contributed by atoms with Gasteiger partial charge in [0.15, 0.2) is 5.82 Å². The number of nitrogens with zero attached hydrogens (tertiary/aromatic N) is 4. The third kappa shape index (κ3) is 4.77. The molecule has 124 valence electrons. The van der Waals surface area contributed by atoms with Crippen LogP contribution in [0.25, 0.3) is 11.5 Å². The summed E-state index contributed by atoms with van der Waals surface area (Å²) in [4.78, 5) is 21.9. The molecule has 0 aromatic carbocycles. The number of carbonyl (C=O) groups is 1. The SMILES string of the molecule is C[C@H](Cc1noc(-c2ccncc2)n1)N(C)C(=O)OC(C)(C)C. The van der Waals surface area contributed by atoms with Crippen molar-refractivity contribution in [1.29, 1.82) is 0 Å². The fraction of sp³-hybridized carbons (Fsp3) is 0.500. The van der Waals surface area contributed by atoms with E-state index in [0.29, 0.717) is 18.1 Å². The average molecular weight is 318 g/mol. The lowest BCUT2D eigenvalue weighted by Crippen LogP contribution is -2.40. The van der Waals surface area contributed by atoms with Crippen LogP contribution in [0.2, 0.25) is 0 Å². The van der Waals surface area contributed by atoms with Gasteiger partial charge in [-0.2, -0.15) is 4.98 Å². The van der Waals surface area contributed by atoms with E-state index in [0.717, 1.165) is 5.56 Å². The van der Waals surface area contributed by atoms with Crippen LogP contribution >= 0.6 is 0 Å². The van der Waals surface area contributed by atoms with Crippen molar-refractivity contribution < 1.29 is 14.1 Å². The summed E-state index contributed by atoms with van der Waals surface area (Å²) in [5.74, 6) is 0.981. The summed E-state index contributed by atoms with van der Waals surface area (Å²) < 4.78 is 10.6. The minimum absolute atomic E-state index is 0.118. The predicted octanol–water partition coefficient (Wildman–Crippen LogP) is 2.93. The zero-order valence-electron chi connectivity index (χ0n) is 14.1.